The van der Waals surface area contributed by atoms with Crippen molar-refractivity contribution < 1.29 is 4.39 Å². The molecule has 1 fully saturated rings. The van der Waals surface area contributed by atoms with Crippen LogP contribution in [0.4, 0.5) is 10.1 Å². The topological polar surface area (TPSA) is 15.3 Å². The molecule has 2 rings (SSSR count). The summed E-state index contributed by atoms with van der Waals surface area (Å²) in [5.74, 6) is -0.109. The molecule has 0 amide bonds. The molecular weight excluding hydrogens is 227 g/mol. The molecule has 0 bridgehead atoms. The second-order valence-electron chi connectivity index (χ2n) is 5.68. The van der Waals surface area contributed by atoms with Crippen LogP contribution in [0, 0.1) is 12.7 Å². The number of rotatable bonds is 2. The molecule has 0 radical (unpaired) electrons. The predicted molar refractivity (Wildman–Crippen MR) is 74.6 cm³/mol. The first-order valence-electron chi connectivity index (χ1n) is 6.73. The maximum absolute atomic E-state index is 14.1. The van der Waals surface area contributed by atoms with Crippen LogP contribution < -0.4 is 10.2 Å². The molecule has 2 unspecified atom stereocenters. The molecule has 0 aromatic heterocycles. The van der Waals surface area contributed by atoms with E-state index in [9.17, 15) is 4.39 Å². The van der Waals surface area contributed by atoms with Gasteiger partial charge in [0.25, 0.3) is 0 Å². The molecule has 1 aromatic rings. The lowest BCUT2D eigenvalue weighted by molar-refractivity contribution is 0.284. The SMILES string of the molecule is CCC1(C)CN(c2c(C)cccc2F)C(C)CN1. The van der Waals surface area contributed by atoms with Crippen molar-refractivity contribution in [2.45, 2.75) is 45.7 Å². The molecule has 1 aliphatic heterocycles. The van der Waals surface area contributed by atoms with Gasteiger partial charge >= 0.3 is 0 Å². The lowest BCUT2D eigenvalue weighted by Crippen LogP contribution is -2.62. The van der Waals surface area contributed by atoms with E-state index in [1.807, 2.05) is 13.0 Å². The Labute approximate surface area is 109 Å². The third-order valence-corrected chi connectivity index (χ3v) is 4.13. The highest BCUT2D eigenvalue weighted by molar-refractivity contribution is 5.56. The molecule has 1 heterocycles. The number of aryl methyl sites for hydroxylation is 1. The van der Waals surface area contributed by atoms with Gasteiger partial charge in [-0.2, -0.15) is 0 Å². The van der Waals surface area contributed by atoms with Crippen molar-refractivity contribution in [2.75, 3.05) is 18.0 Å². The van der Waals surface area contributed by atoms with Crippen LogP contribution in [-0.4, -0.2) is 24.7 Å². The molecule has 1 aliphatic rings. The smallest absolute Gasteiger partial charge is 0.146 e. The van der Waals surface area contributed by atoms with Crippen molar-refractivity contribution in [1.82, 2.24) is 5.32 Å². The molecule has 100 valence electrons. The summed E-state index contributed by atoms with van der Waals surface area (Å²) in [7, 11) is 0. The molecular formula is C15H23FN2. The summed E-state index contributed by atoms with van der Waals surface area (Å²) in [6.07, 6.45) is 1.05. The second kappa shape index (κ2) is 4.88. The summed E-state index contributed by atoms with van der Waals surface area (Å²) >= 11 is 0. The molecule has 3 heteroatoms. The standard InChI is InChI=1S/C15H23FN2/c1-5-15(4)10-18(12(3)9-17-15)14-11(2)7-6-8-13(14)16/h6-8,12,17H,5,9-10H2,1-4H3. The van der Waals surface area contributed by atoms with Gasteiger partial charge in [-0.1, -0.05) is 19.1 Å². The highest BCUT2D eigenvalue weighted by Gasteiger charge is 2.34. The van der Waals surface area contributed by atoms with Gasteiger partial charge in [-0.15, -0.1) is 0 Å². The van der Waals surface area contributed by atoms with E-state index >= 15 is 0 Å². The van der Waals surface area contributed by atoms with E-state index in [2.05, 4.69) is 31.0 Å². The quantitative estimate of drug-likeness (QED) is 0.867. The number of para-hydroxylation sites is 1. The zero-order chi connectivity index (χ0) is 13.3. The van der Waals surface area contributed by atoms with Crippen LogP contribution in [0.15, 0.2) is 18.2 Å². The number of hydrogen-bond donors (Lipinski definition) is 1. The van der Waals surface area contributed by atoms with Crippen LogP contribution in [0.1, 0.15) is 32.8 Å². The van der Waals surface area contributed by atoms with Crippen LogP contribution in [0.5, 0.6) is 0 Å². The number of piperazine rings is 1. The van der Waals surface area contributed by atoms with Crippen molar-refractivity contribution in [3.63, 3.8) is 0 Å². The van der Waals surface area contributed by atoms with Crippen LogP contribution >= 0.6 is 0 Å². The van der Waals surface area contributed by atoms with Gasteiger partial charge in [0, 0.05) is 24.7 Å². The van der Waals surface area contributed by atoms with E-state index in [4.69, 9.17) is 0 Å². The summed E-state index contributed by atoms with van der Waals surface area (Å²) < 4.78 is 14.1. The Bertz CT molecular complexity index is 412. The fourth-order valence-electron chi connectivity index (χ4n) is 2.62. The first-order valence-corrected chi connectivity index (χ1v) is 6.73. The Kier molecular flexibility index (Phi) is 3.62. The molecule has 0 aliphatic carbocycles. The number of hydrogen-bond acceptors (Lipinski definition) is 2. The summed E-state index contributed by atoms with van der Waals surface area (Å²) in [6, 6.07) is 5.64. The monoisotopic (exact) mass is 250 g/mol. The molecule has 2 atom stereocenters. The number of halogens is 1. The summed E-state index contributed by atoms with van der Waals surface area (Å²) in [5, 5.41) is 3.57. The Hall–Kier alpha value is -1.09. The van der Waals surface area contributed by atoms with Gasteiger partial charge in [-0.05, 0) is 38.8 Å². The third-order valence-electron chi connectivity index (χ3n) is 4.13. The average molecular weight is 250 g/mol. The van der Waals surface area contributed by atoms with Gasteiger partial charge in [0.2, 0.25) is 0 Å². The minimum atomic E-state index is -0.109. The number of nitrogens with zero attached hydrogens (tertiary/aromatic N) is 1. The van der Waals surface area contributed by atoms with Gasteiger partial charge in [0.05, 0.1) is 5.69 Å². The van der Waals surface area contributed by atoms with Crippen LogP contribution in [0.2, 0.25) is 0 Å². The fraction of sp³-hybridized carbons (Fsp3) is 0.600. The van der Waals surface area contributed by atoms with E-state index in [-0.39, 0.29) is 11.4 Å². The molecule has 1 aromatic carbocycles. The molecule has 18 heavy (non-hydrogen) atoms. The Balaban J connectivity index is 2.36. The molecule has 1 saturated heterocycles. The fourth-order valence-corrected chi connectivity index (χ4v) is 2.62. The normalized spacial score (nSPS) is 28.5. The summed E-state index contributed by atoms with van der Waals surface area (Å²) in [4.78, 5) is 2.21. The van der Waals surface area contributed by atoms with E-state index in [0.717, 1.165) is 30.8 Å². The summed E-state index contributed by atoms with van der Waals surface area (Å²) in [6.45, 7) is 10.3. The minimum Gasteiger partial charge on any atom is -0.363 e. The van der Waals surface area contributed by atoms with Crippen molar-refractivity contribution in [3.8, 4) is 0 Å². The lowest BCUT2D eigenvalue weighted by Gasteiger charge is -2.46. The van der Waals surface area contributed by atoms with Crippen molar-refractivity contribution in [1.29, 1.82) is 0 Å². The molecule has 2 nitrogen and oxygen atoms in total. The average Bonchev–Trinajstić information content (AvgIpc) is 2.34. The van der Waals surface area contributed by atoms with E-state index in [1.165, 1.54) is 0 Å². The number of anilines is 1. The first-order chi connectivity index (χ1) is 8.47. The summed E-state index contributed by atoms with van der Waals surface area (Å²) in [5.41, 5.74) is 1.86. The van der Waals surface area contributed by atoms with Gasteiger partial charge in [0.15, 0.2) is 0 Å². The van der Waals surface area contributed by atoms with Crippen LogP contribution in [0.25, 0.3) is 0 Å². The van der Waals surface area contributed by atoms with Crippen LogP contribution in [0.3, 0.4) is 0 Å². The Morgan fingerprint density at radius 2 is 2.22 bits per heavy atom. The van der Waals surface area contributed by atoms with Gasteiger partial charge in [-0.25, -0.2) is 4.39 Å². The van der Waals surface area contributed by atoms with E-state index in [0.29, 0.717) is 6.04 Å². The van der Waals surface area contributed by atoms with Crippen molar-refractivity contribution in [2.24, 2.45) is 0 Å². The maximum Gasteiger partial charge on any atom is 0.146 e. The van der Waals surface area contributed by atoms with Gasteiger partial charge < -0.3 is 10.2 Å². The molecule has 1 N–H and O–H groups in total. The molecule has 0 spiro atoms. The van der Waals surface area contributed by atoms with Crippen molar-refractivity contribution >= 4 is 5.69 Å². The Morgan fingerprint density at radius 1 is 1.50 bits per heavy atom. The lowest BCUT2D eigenvalue weighted by atomic mass is 9.93. The molecule has 0 saturated carbocycles. The highest BCUT2D eigenvalue weighted by Crippen LogP contribution is 2.30. The largest absolute Gasteiger partial charge is 0.363 e. The zero-order valence-corrected chi connectivity index (χ0v) is 11.8. The van der Waals surface area contributed by atoms with E-state index < -0.39 is 0 Å². The predicted octanol–water partition coefficient (Wildman–Crippen LogP) is 3.10. The maximum atomic E-state index is 14.1. The van der Waals surface area contributed by atoms with Crippen molar-refractivity contribution in [3.05, 3.63) is 29.6 Å². The highest BCUT2D eigenvalue weighted by atomic mass is 19.1. The van der Waals surface area contributed by atoms with Gasteiger partial charge in [0.1, 0.15) is 5.82 Å². The first kappa shape index (κ1) is 13.3. The zero-order valence-electron chi connectivity index (χ0n) is 11.8. The van der Waals surface area contributed by atoms with Gasteiger partial charge in [-0.3, -0.25) is 0 Å². The number of nitrogens with one attached hydrogen (secondary N) is 1. The van der Waals surface area contributed by atoms with Crippen LogP contribution in [-0.2, 0) is 0 Å². The second-order valence-corrected chi connectivity index (χ2v) is 5.68. The minimum absolute atomic E-state index is 0.0707. The number of benzene rings is 1. The Morgan fingerprint density at radius 3 is 2.83 bits per heavy atom. The van der Waals surface area contributed by atoms with E-state index in [1.54, 1.807) is 12.1 Å². The third kappa shape index (κ3) is 2.37.